The summed E-state index contributed by atoms with van der Waals surface area (Å²) in [6, 6.07) is 8.41. The molecule has 1 saturated carbocycles. The van der Waals surface area contributed by atoms with Crippen molar-refractivity contribution in [3.05, 3.63) is 24.3 Å². The normalized spacial score (nSPS) is 23.0. The van der Waals surface area contributed by atoms with Gasteiger partial charge >= 0.3 is 0 Å². The maximum Gasteiger partial charge on any atom is 0.255 e. The highest BCUT2D eigenvalue weighted by Crippen LogP contribution is 2.24. The zero-order valence-corrected chi connectivity index (χ0v) is 12.1. The predicted octanol–water partition coefficient (Wildman–Crippen LogP) is 2.40. The third-order valence-electron chi connectivity index (χ3n) is 3.96. The smallest absolute Gasteiger partial charge is 0.255 e. The van der Waals surface area contributed by atoms with Crippen molar-refractivity contribution in [2.24, 2.45) is 0 Å². The maximum atomic E-state index is 12.1. The molecule has 0 radical (unpaired) electrons. The molecule has 0 spiro atoms. The summed E-state index contributed by atoms with van der Waals surface area (Å²) in [7, 11) is 0. The van der Waals surface area contributed by atoms with Crippen LogP contribution in [0.2, 0.25) is 0 Å². The standard InChI is InChI=1S/C16H22N2O3/c19-16(15-11-20-8-9-21-15)18-14-7-3-6-13(10-14)17-12-4-1-2-5-12/h3,6-7,10,12,15,17H,1-2,4-5,8-9,11H2,(H,18,19). The molecule has 5 heteroatoms. The summed E-state index contributed by atoms with van der Waals surface area (Å²) in [5.74, 6) is -0.146. The Morgan fingerprint density at radius 1 is 1.14 bits per heavy atom. The molecular formula is C16H22N2O3. The number of hydrogen-bond donors (Lipinski definition) is 2. The molecule has 3 rings (SSSR count). The lowest BCUT2D eigenvalue weighted by molar-refractivity contribution is -0.142. The fraction of sp³-hybridized carbons (Fsp3) is 0.562. The molecule has 1 aromatic carbocycles. The molecule has 1 heterocycles. The summed E-state index contributed by atoms with van der Waals surface area (Å²) in [5.41, 5.74) is 1.85. The molecule has 2 N–H and O–H groups in total. The van der Waals surface area contributed by atoms with Gasteiger partial charge < -0.3 is 20.1 Å². The number of rotatable bonds is 4. The number of carbonyl (C=O) groups excluding carboxylic acids is 1. The molecule has 5 nitrogen and oxygen atoms in total. The zero-order chi connectivity index (χ0) is 14.5. The summed E-state index contributed by atoms with van der Waals surface area (Å²) in [5, 5.41) is 6.42. The molecule has 1 unspecified atom stereocenters. The first kappa shape index (κ1) is 14.4. The molecule has 0 aromatic heterocycles. The van der Waals surface area contributed by atoms with Crippen molar-refractivity contribution in [1.82, 2.24) is 0 Å². The van der Waals surface area contributed by atoms with Crippen LogP contribution in [0.25, 0.3) is 0 Å². The molecule has 1 aliphatic heterocycles. The second-order valence-electron chi connectivity index (χ2n) is 5.63. The SMILES string of the molecule is O=C(Nc1cccc(NC2CCCC2)c1)C1COCCO1. The van der Waals surface area contributed by atoms with Gasteiger partial charge in [0.2, 0.25) is 0 Å². The van der Waals surface area contributed by atoms with Crippen molar-refractivity contribution in [2.45, 2.75) is 37.8 Å². The molecule has 1 saturated heterocycles. The van der Waals surface area contributed by atoms with Gasteiger partial charge in [-0.05, 0) is 31.0 Å². The van der Waals surface area contributed by atoms with Gasteiger partial charge in [-0.25, -0.2) is 0 Å². The molecule has 0 bridgehead atoms. The van der Waals surface area contributed by atoms with Gasteiger partial charge in [0.15, 0.2) is 6.10 Å². The monoisotopic (exact) mass is 290 g/mol. The van der Waals surface area contributed by atoms with Gasteiger partial charge in [-0.2, -0.15) is 0 Å². The highest BCUT2D eigenvalue weighted by molar-refractivity contribution is 5.94. The predicted molar refractivity (Wildman–Crippen MR) is 81.5 cm³/mol. The van der Waals surface area contributed by atoms with E-state index in [-0.39, 0.29) is 5.91 Å². The Morgan fingerprint density at radius 3 is 2.71 bits per heavy atom. The van der Waals surface area contributed by atoms with Crippen molar-refractivity contribution >= 4 is 17.3 Å². The molecule has 1 aliphatic carbocycles. The van der Waals surface area contributed by atoms with E-state index in [2.05, 4.69) is 10.6 Å². The summed E-state index contributed by atoms with van der Waals surface area (Å²) >= 11 is 0. The second kappa shape index (κ2) is 6.91. The highest BCUT2D eigenvalue weighted by Gasteiger charge is 2.22. The average molecular weight is 290 g/mol. The fourth-order valence-electron chi connectivity index (χ4n) is 2.85. The topological polar surface area (TPSA) is 59.6 Å². The molecule has 1 amide bonds. The minimum atomic E-state index is -0.509. The molecule has 114 valence electrons. The molecule has 1 atom stereocenters. The minimum absolute atomic E-state index is 0.146. The van der Waals surface area contributed by atoms with Crippen LogP contribution < -0.4 is 10.6 Å². The molecule has 1 aromatic rings. The van der Waals surface area contributed by atoms with Crippen LogP contribution in [0.5, 0.6) is 0 Å². The second-order valence-corrected chi connectivity index (χ2v) is 5.63. The lowest BCUT2D eigenvalue weighted by Gasteiger charge is -2.22. The van der Waals surface area contributed by atoms with Crippen molar-refractivity contribution < 1.29 is 14.3 Å². The van der Waals surface area contributed by atoms with Crippen LogP contribution in [0.4, 0.5) is 11.4 Å². The van der Waals surface area contributed by atoms with Gasteiger partial charge in [-0.15, -0.1) is 0 Å². The van der Waals surface area contributed by atoms with E-state index in [1.54, 1.807) is 0 Å². The number of amides is 1. The van der Waals surface area contributed by atoms with Crippen molar-refractivity contribution in [3.8, 4) is 0 Å². The van der Waals surface area contributed by atoms with E-state index in [0.717, 1.165) is 11.4 Å². The number of hydrogen-bond acceptors (Lipinski definition) is 4. The number of anilines is 2. The maximum absolute atomic E-state index is 12.1. The minimum Gasteiger partial charge on any atom is -0.382 e. The van der Waals surface area contributed by atoms with Gasteiger partial charge in [0.1, 0.15) is 0 Å². The van der Waals surface area contributed by atoms with E-state index in [4.69, 9.17) is 9.47 Å². The summed E-state index contributed by atoms with van der Waals surface area (Å²) in [6.07, 6.45) is 4.54. The van der Waals surface area contributed by atoms with E-state index >= 15 is 0 Å². The van der Waals surface area contributed by atoms with E-state index in [0.29, 0.717) is 25.9 Å². The molecule has 2 aliphatic rings. The zero-order valence-electron chi connectivity index (χ0n) is 12.1. The lowest BCUT2D eigenvalue weighted by Crippen LogP contribution is -2.39. The van der Waals surface area contributed by atoms with Gasteiger partial charge in [0.05, 0.1) is 19.8 Å². The van der Waals surface area contributed by atoms with E-state index < -0.39 is 6.10 Å². The van der Waals surface area contributed by atoms with E-state index in [1.807, 2.05) is 24.3 Å². The number of carbonyl (C=O) groups is 1. The number of benzene rings is 1. The third kappa shape index (κ3) is 3.95. The van der Waals surface area contributed by atoms with Crippen LogP contribution in [0.3, 0.4) is 0 Å². The first-order valence-corrected chi connectivity index (χ1v) is 7.68. The van der Waals surface area contributed by atoms with Crippen molar-refractivity contribution in [2.75, 3.05) is 30.5 Å². The van der Waals surface area contributed by atoms with Crippen molar-refractivity contribution in [1.29, 1.82) is 0 Å². The van der Waals surface area contributed by atoms with Gasteiger partial charge in [0.25, 0.3) is 5.91 Å². The van der Waals surface area contributed by atoms with Crippen molar-refractivity contribution in [3.63, 3.8) is 0 Å². The molecule has 2 fully saturated rings. The van der Waals surface area contributed by atoms with Gasteiger partial charge in [0, 0.05) is 17.4 Å². The van der Waals surface area contributed by atoms with Crippen LogP contribution in [0.1, 0.15) is 25.7 Å². The first-order chi connectivity index (χ1) is 10.3. The van der Waals surface area contributed by atoms with Gasteiger partial charge in [-0.1, -0.05) is 18.9 Å². The first-order valence-electron chi connectivity index (χ1n) is 7.68. The largest absolute Gasteiger partial charge is 0.382 e. The Bertz CT molecular complexity index is 480. The summed E-state index contributed by atoms with van der Waals surface area (Å²) < 4.78 is 10.7. The number of nitrogens with one attached hydrogen (secondary N) is 2. The Balaban J connectivity index is 1.58. The Hall–Kier alpha value is -1.59. The quantitative estimate of drug-likeness (QED) is 0.894. The average Bonchev–Trinajstić information content (AvgIpc) is 3.01. The highest BCUT2D eigenvalue weighted by atomic mass is 16.6. The lowest BCUT2D eigenvalue weighted by atomic mass is 10.2. The van der Waals surface area contributed by atoms with Crippen LogP contribution in [-0.4, -0.2) is 37.9 Å². The Kier molecular flexibility index (Phi) is 4.72. The summed E-state index contributed by atoms with van der Waals surface area (Å²) in [6.45, 7) is 1.36. The van der Waals surface area contributed by atoms with E-state index in [1.165, 1.54) is 25.7 Å². The Morgan fingerprint density at radius 2 is 1.95 bits per heavy atom. The summed E-state index contributed by atoms with van der Waals surface area (Å²) in [4.78, 5) is 12.1. The Labute approximate surface area is 125 Å². The number of ether oxygens (including phenoxy) is 2. The molecule has 21 heavy (non-hydrogen) atoms. The third-order valence-corrected chi connectivity index (χ3v) is 3.96. The van der Waals surface area contributed by atoms with Crippen LogP contribution in [0.15, 0.2) is 24.3 Å². The van der Waals surface area contributed by atoms with Crippen LogP contribution >= 0.6 is 0 Å². The fourth-order valence-corrected chi connectivity index (χ4v) is 2.85. The van der Waals surface area contributed by atoms with Crippen LogP contribution in [-0.2, 0) is 14.3 Å². The molecular weight excluding hydrogens is 268 g/mol. The van der Waals surface area contributed by atoms with Gasteiger partial charge in [-0.3, -0.25) is 4.79 Å². The van der Waals surface area contributed by atoms with E-state index in [9.17, 15) is 4.79 Å². The van der Waals surface area contributed by atoms with Crippen LogP contribution in [0, 0.1) is 0 Å².